The summed E-state index contributed by atoms with van der Waals surface area (Å²) in [6.07, 6.45) is 2.31. The Morgan fingerprint density at radius 2 is 2.25 bits per heavy atom. The summed E-state index contributed by atoms with van der Waals surface area (Å²) in [4.78, 5) is 14.2. The molecule has 20 heavy (non-hydrogen) atoms. The number of likely N-dealkylation sites (N-methyl/N-ethyl adjacent to an activating group) is 1. The molecule has 0 spiro atoms. The number of carbonyl (C=O) groups is 1. The number of aryl methyl sites for hydroxylation is 1. The van der Waals surface area contributed by atoms with E-state index in [1.165, 1.54) is 6.07 Å². The van der Waals surface area contributed by atoms with Crippen LogP contribution in [0.15, 0.2) is 24.3 Å². The summed E-state index contributed by atoms with van der Waals surface area (Å²) in [5, 5.41) is 3.27. The Kier molecular flexibility index (Phi) is 5.12. The van der Waals surface area contributed by atoms with E-state index in [4.69, 9.17) is 0 Å². The molecule has 0 radical (unpaired) electrons. The van der Waals surface area contributed by atoms with Crippen LogP contribution in [0.1, 0.15) is 25.3 Å². The number of carbonyl (C=O) groups excluding carboxylic acids is 1. The highest BCUT2D eigenvalue weighted by Crippen LogP contribution is 2.16. The minimum atomic E-state index is -0.180. The fourth-order valence-corrected chi connectivity index (χ4v) is 2.69. The van der Waals surface area contributed by atoms with Crippen molar-refractivity contribution >= 4 is 5.91 Å². The van der Waals surface area contributed by atoms with Gasteiger partial charge in [0.1, 0.15) is 5.82 Å². The minimum Gasteiger partial charge on any atom is -0.341 e. The average Bonchev–Trinajstić information content (AvgIpc) is 2.98. The molecule has 4 heteroatoms. The minimum absolute atomic E-state index is 0.0693. The lowest BCUT2D eigenvalue weighted by Crippen LogP contribution is -2.41. The normalized spacial score (nSPS) is 19.9. The lowest BCUT2D eigenvalue weighted by Gasteiger charge is -2.27. The van der Waals surface area contributed by atoms with Crippen molar-refractivity contribution < 1.29 is 9.18 Å². The SMILES string of the molecule is CC(CCc1ccccc1F)C(=O)N(C)C1CCNC1. The third-order valence-electron chi connectivity index (χ3n) is 4.16. The molecule has 1 N–H and O–H groups in total. The van der Waals surface area contributed by atoms with Crippen molar-refractivity contribution in [3.63, 3.8) is 0 Å². The Morgan fingerprint density at radius 3 is 2.90 bits per heavy atom. The van der Waals surface area contributed by atoms with Gasteiger partial charge in [0.15, 0.2) is 0 Å². The van der Waals surface area contributed by atoms with Gasteiger partial charge in [0, 0.05) is 25.6 Å². The monoisotopic (exact) mass is 278 g/mol. The van der Waals surface area contributed by atoms with Gasteiger partial charge in [-0.25, -0.2) is 4.39 Å². The van der Waals surface area contributed by atoms with Crippen LogP contribution >= 0.6 is 0 Å². The van der Waals surface area contributed by atoms with Gasteiger partial charge in [-0.1, -0.05) is 25.1 Å². The number of halogens is 1. The van der Waals surface area contributed by atoms with Gasteiger partial charge in [0.2, 0.25) is 5.91 Å². The molecule has 1 fully saturated rings. The van der Waals surface area contributed by atoms with Gasteiger partial charge < -0.3 is 10.2 Å². The highest BCUT2D eigenvalue weighted by molar-refractivity contribution is 5.78. The first-order valence-corrected chi connectivity index (χ1v) is 7.30. The van der Waals surface area contributed by atoms with E-state index >= 15 is 0 Å². The Bertz CT molecular complexity index is 458. The molecule has 1 aromatic carbocycles. The van der Waals surface area contributed by atoms with Crippen molar-refractivity contribution in [1.82, 2.24) is 10.2 Å². The predicted molar refractivity (Wildman–Crippen MR) is 77.9 cm³/mol. The van der Waals surface area contributed by atoms with E-state index < -0.39 is 0 Å². The van der Waals surface area contributed by atoms with Crippen LogP contribution in [0.4, 0.5) is 4.39 Å². The van der Waals surface area contributed by atoms with Crippen LogP contribution in [0.3, 0.4) is 0 Å². The number of nitrogens with one attached hydrogen (secondary N) is 1. The smallest absolute Gasteiger partial charge is 0.225 e. The second kappa shape index (κ2) is 6.84. The van der Waals surface area contributed by atoms with E-state index in [1.54, 1.807) is 12.1 Å². The van der Waals surface area contributed by atoms with E-state index in [9.17, 15) is 9.18 Å². The number of hydrogen-bond donors (Lipinski definition) is 1. The Hall–Kier alpha value is -1.42. The van der Waals surface area contributed by atoms with Crippen LogP contribution in [0, 0.1) is 11.7 Å². The molecule has 2 unspecified atom stereocenters. The molecule has 1 aromatic rings. The van der Waals surface area contributed by atoms with E-state index in [1.807, 2.05) is 24.9 Å². The lowest BCUT2D eigenvalue weighted by molar-refractivity contribution is -0.135. The second-order valence-corrected chi connectivity index (χ2v) is 5.63. The highest BCUT2D eigenvalue weighted by Gasteiger charge is 2.26. The molecule has 2 atom stereocenters. The summed E-state index contributed by atoms with van der Waals surface area (Å²) in [5.74, 6) is -0.0873. The molecule has 1 aliphatic heterocycles. The van der Waals surface area contributed by atoms with Gasteiger partial charge in [0.25, 0.3) is 0 Å². The number of amides is 1. The maximum atomic E-state index is 13.5. The van der Waals surface area contributed by atoms with Crippen LogP contribution in [-0.2, 0) is 11.2 Å². The van der Waals surface area contributed by atoms with Crippen LogP contribution in [0.2, 0.25) is 0 Å². The van der Waals surface area contributed by atoms with Crippen LogP contribution in [-0.4, -0.2) is 37.0 Å². The standard InChI is InChI=1S/C16H23FN2O/c1-12(7-8-13-5-3-4-6-15(13)17)16(20)19(2)14-9-10-18-11-14/h3-6,12,14,18H,7-11H2,1-2H3. The second-order valence-electron chi connectivity index (χ2n) is 5.63. The van der Waals surface area contributed by atoms with Crippen molar-refractivity contribution in [2.45, 2.75) is 32.2 Å². The van der Waals surface area contributed by atoms with Crippen LogP contribution < -0.4 is 5.32 Å². The molecular formula is C16H23FN2O. The van der Waals surface area contributed by atoms with Crippen molar-refractivity contribution in [2.24, 2.45) is 5.92 Å². The number of nitrogens with zero attached hydrogens (tertiary/aromatic N) is 1. The van der Waals surface area contributed by atoms with E-state index in [-0.39, 0.29) is 17.6 Å². The topological polar surface area (TPSA) is 32.3 Å². The van der Waals surface area contributed by atoms with Crippen molar-refractivity contribution in [2.75, 3.05) is 20.1 Å². The molecule has 1 aliphatic rings. The maximum Gasteiger partial charge on any atom is 0.225 e. The molecule has 1 amide bonds. The lowest BCUT2D eigenvalue weighted by atomic mass is 9.99. The zero-order valence-electron chi connectivity index (χ0n) is 12.2. The maximum absolute atomic E-state index is 13.5. The Labute approximate surface area is 120 Å². The molecule has 0 aliphatic carbocycles. The van der Waals surface area contributed by atoms with Crippen molar-refractivity contribution in [3.8, 4) is 0 Å². The number of rotatable bonds is 5. The average molecular weight is 278 g/mol. The molecule has 3 nitrogen and oxygen atoms in total. The molecule has 1 saturated heterocycles. The fourth-order valence-electron chi connectivity index (χ4n) is 2.69. The van der Waals surface area contributed by atoms with Gasteiger partial charge in [-0.2, -0.15) is 0 Å². The summed E-state index contributed by atoms with van der Waals surface area (Å²) in [5.41, 5.74) is 0.692. The van der Waals surface area contributed by atoms with E-state index in [2.05, 4.69) is 5.32 Å². The zero-order valence-corrected chi connectivity index (χ0v) is 12.2. The first kappa shape index (κ1) is 15.0. The summed E-state index contributed by atoms with van der Waals surface area (Å²) in [7, 11) is 1.87. The Balaban J connectivity index is 1.86. The summed E-state index contributed by atoms with van der Waals surface area (Å²) < 4.78 is 13.5. The van der Waals surface area contributed by atoms with Crippen LogP contribution in [0.25, 0.3) is 0 Å². The molecule has 1 heterocycles. The van der Waals surface area contributed by atoms with E-state index in [0.29, 0.717) is 24.4 Å². The van der Waals surface area contributed by atoms with Gasteiger partial charge in [-0.15, -0.1) is 0 Å². The van der Waals surface area contributed by atoms with Gasteiger partial charge in [-0.05, 0) is 37.4 Å². The molecular weight excluding hydrogens is 255 g/mol. The fraction of sp³-hybridized carbons (Fsp3) is 0.562. The number of hydrogen-bond acceptors (Lipinski definition) is 2. The molecule has 0 aromatic heterocycles. The molecule has 2 rings (SSSR count). The Morgan fingerprint density at radius 1 is 1.50 bits per heavy atom. The van der Waals surface area contributed by atoms with Gasteiger partial charge in [-0.3, -0.25) is 4.79 Å². The summed E-state index contributed by atoms with van der Waals surface area (Å²) in [6, 6.07) is 7.09. The zero-order chi connectivity index (χ0) is 14.5. The summed E-state index contributed by atoms with van der Waals surface area (Å²) in [6.45, 7) is 3.79. The predicted octanol–water partition coefficient (Wildman–Crippen LogP) is 2.21. The quantitative estimate of drug-likeness (QED) is 0.895. The van der Waals surface area contributed by atoms with Crippen molar-refractivity contribution in [3.05, 3.63) is 35.6 Å². The number of benzene rings is 1. The molecule has 0 saturated carbocycles. The molecule has 0 bridgehead atoms. The van der Waals surface area contributed by atoms with Gasteiger partial charge >= 0.3 is 0 Å². The first-order valence-electron chi connectivity index (χ1n) is 7.30. The third-order valence-corrected chi connectivity index (χ3v) is 4.16. The largest absolute Gasteiger partial charge is 0.341 e. The van der Waals surface area contributed by atoms with Gasteiger partial charge in [0.05, 0.1) is 0 Å². The van der Waals surface area contributed by atoms with E-state index in [0.717, 1.165) is 19.5 Å². The van der Waals surface area contributed by atoms with Crippen LogP contribution in [0.5, 0.6) is 0 Å². The third kappa shape index (κ3) is 3.57. The first-order chi connectivity index (χ1) is 9.59. The summed E-state index contributed by atoms with van der Waals surface area (Å²) >= 11 is 0. The highest BCUT2D eigenvalue weighted by atomic mass is 19.1. The molecule has 110 valence electrons. The van der Waals surface area contributed by atoms with Crippen molar-refractivity contribution in [1.29, 1.82) is 0 Å².